The number of nitrogens with one attached hydrogen (secondary N) is 4. The number of amides is 11. The lowest BCUT2D eigenvalue weighted by Crippen LogP contribution is -2.64. The molecule has 2 fully saturated rings. The van der Waals surface area contributed by atoms with Gasteiger partial charge in [0, 0.05) is 69.5 Å². The highest BCUT2D eigenvalue weighted by Crippen LogP contribution is 2.27. The maximum Gasteiger partial charge on any atom is 0.246 e. The largest absolute Gasteiger partial charge is 0.390 e. The molecule has 11 amide bonds. The Bertz CT molecular complexity index is 2470. The van der Waals surface area contributed by atoms with Crippen molar-refractivity contribution < 1.29 is 62.6 Å². The zero-order chi connectivity index (χ0) is 70.1. The van der Waals surface area contributed by atoms with Crippen molar-refractivity contribution in [3.05, 3.63) is 0 Å². The molecule has 2 heterocycles. The number of rotatable bonds is 18. The lowest BCUT2D eigenvalue weighted by atomic mass is 9.92. The molecule has 25 nitrogen and oxygen atoms in total. The summed E-state index contributed by atoms with van der Waals surface area (Å²) in [6, 6.07) is -13.7. The summed E-state index contributed by atoms with van der Waals surface area (Å²) in [4.78, 5) is 174. The average molecular weight is 1290 g/mol. The van der Waals surface area contributed by atoms with Crippen LogP contribution in [0.2, 0.25) is 0 Å². The average Bonchev–Trinajstić information content (AvgIpc) is 1.56. The van der Waals surface area contributed by atoms with Gasteiger partial charge < -0.3 is 65.4 Å². The van der Waals surface area contributed by atoms with Crippen LogP contribution in [0.15, 0.2) is 0 Å². The molecule has 25 heteroatoms. The van der Waals surface area contributed by atoms with E-state index in [2.05, 4.69) is 26.2 Å². The predicted octanol–water partition coefficient (Wildman–Crippen LogP) is 2.80. The molecular formula is C66H120N12O13. The van der Waals surface area contributed by atoms with E-state index in [0.29, 0.717) is 38.9 Å². The molecule has 0 saturated carbocycles. The fraction of sp³-hybridized carbons (Fsp3) is 0.833. The van der Waals surface area contributed by atoms with Gasteiger partial charge in [0.2, 0.25) is 65.0 Å². The molecule has 0 bridgehead atoms. The fourth-order valence-electron chi connectivity index (χ4n) is 12.1. The number of likely N-dealkylation sites (N-methyl/N-ethyl adjacent to an activating group) is 7. The molecular weight excluding hydrogens is 1170 g/mol. The molecule has 0 aromatic rings. The van der Waals surface area contributed by atoms with E-state index in [4.69, 9.17) is 4.74 Å². The Balaban J connectivity index is 3.01. The monoisotopic (exact) mass is 1290 g/mol. The number of carbonyl (C=O) groups excluding carboxylic acids is 11. The summed E-state index contributed by atoms with van der Waals surface area (Å²) in [5, 5.41) is 23.2. The maximum atomic E-state index is 15.2. The minimum atomic E-state index is -1.60. The minimum absolute atomic E-state index is 0.0153. The van der Waals surface area contributed by atoms with Gasteiger partial charge in [-0.15, -0.1) is 0 Å². The van der Waals surface area contributed by atoms with Gasteiger partial charge in [0.25, 0.3) is 0 Å². The third-order valence-corrected chi connectivity index (χ3v) is 18.7. The number of carbonyl (C=O) groups is 11. The van der Waals surface area contributed by atoms with Gasteiger partial charge in [-0.05, 0) is 107 Å². The van der Waals surface area contributed by atoms with Gasteiger partial charge in [0.1, 0.15) is 66.5 Å². The first-order valence-corrected chi connectivity index (χ1v) is 33.2. The van der Waals surface area contributed by atoms with Crippen LogP contribution < -0.4 is 21.3 Å². The first-order chi connectivity index (χ1) is 42.1. The molecule has 0 aliphatic carbocycles. The van der Waals surface area contributed by atoms with Gasteiger partial charge in [0.05, 0.1) is 12.2 Å². The van der Waals surface area contributed by atoms with E-state index in [0.717, 1.165) is 4.90 Å². The van der Waals surface area contributed by atoms with Crippen LogP contribution in [0.25, 0.3) is 0 Å². The van der Waals surface area contributed by atoms with Crippen molar-refractivity contribution in [1.29, 1.82) is 0 Å². The predicted molar refractivity (Wildman–Crippen MR) is 350 cm³/mol. The van der Waals surface area contributed by atoms with E-state index in [1.165, 1.54) is 99.5 Å². The minimum Gasteiger partial charge on any atom is -0.390 e. The molecule has 0 aromatic heterocycles. The van der Waals surface area contributed by atoms with E-state index in [1.807, 2.05) is 55.4 Å². The molecule has 5 N–H and O–H groups in total. The summed E-state index contributed by atoms with van der Waals surface area (Å²) in [5.74, 6) is -9.81. The number of aliphatic hydroxyl groups is 1. The smallest absolute Gasteiger partial charge is 0.246 e. The fourth-order valence-corrected chi connectivity index (χ4v) is 12.1. The number of hydrogen-bond donors (Lipinski definition) is 5. The van der Waals surface area contributed by atoms with Crippen LogP contribution in [-0.4, -0.2) is 264 Å². The Morgan fingerprint density at radius 3 is 1.42 bits per heavy atom. The zero-order valence-corrected chi connectivity index (χ0v) is 60.0. The number of likely N-dealkylation sites (tertiary alicyclic amines) is 1. The third kappa shape index (κ3) is 21.5. The van der Waals surface area contributed by atoms with Gasteiger partial charge in [-0.25, -0.2) is 0 Å². The van der Waals surface area contributed by atoms with Gasteiger partial charge in [-0.2, -0.15) is 0 Å². The van der Waals surface area contributed by atoms with Crippen LogP contribution in [0.5, 0.6) is 0 Å². The van der Waals surface area contributed by atoms with Crippen LogP contribution in [0, 0.1) is 41.4 Å². The molecule has 0 unspecified atom stereocenters. The van der Waals surface area contributed by atoms with Crippen LogP contribution >= 0.6 is 0 Å². The summed E-state index contributed by atoms with van der Waals surface area (Å²) in [6.45, 7) is 31.7. The van der Waals surface area contributed by atoms with Crippen molar-refractivity contribution >= 4 is 65.0 Å². The highest BCUT2D eigenvalue weighted by molar-refractivity contribution is 6.00. The zero-order valence-electron chi connectivity index (χ0n) is 60.0. The molecule has 522 valence electrons. The highest BCUT2D eigenvalue weighted by Gasteiger charge is 2.46. The SMILES string of the molecule is CC[C@@H]1NC(=O)[C@H]([C@H](O)[C@H](C)CC)N(C)C(=O)[C@H](C(C)C)N(C)C(=O)[C@H](CC(C)C)N(C)C(=O)[C@H](CC(C)C)N(C)C(=O)[C@@H](C)NC(=O)[C@H](C)NC(=O)[C@H](CCC(C)C)N(C)C(=O)[C@H](C(C)C)NC(=O)[C@H]([C@H](C)CCN2CC(OC)C2)N(C)C(=O)[C@@H](C)N(C)C1=O. The van der Waals surface area contributed by atoms with E-state index in [-0.39, 0.29) is 49.5 Å². The molecule has 2 aliphatic heterocycles. The Morgan fingerprint density at radius 2 is 0.945 bits per heavy atom. The molecule has 2 aliphatic rings. The van der Waals surface area contributed by atoms with Crippen molar-refractivity contribution in [3.63, 3.8) is 0 Å². The first-order valence-electron chi connectivity index (χ1n) is 33.2. The standard InChI is InChI=1S/C66H120N12O13/c1-26-41(13)55(79)54-59(83)69-47(27-2)62(86)71(18)45(17)61(85)76(23)53(42(14)30-31-78-34-46(35-78)91-25)58(82)70-51(39(9)10)65(89)72(19)48(29-28-36(3)4)57(81)67-43(15)56(80)68-44(16)60(84)73(20)49(32-37(5)6)63(87)74(21)50(33-38(7)8)64(88)75(22)52(40(11)12)66(90)77(54)24/h36-55,79H,26-35H2,1-25H3,(H,67,81)(H,68,80)(H,69,83)(H,70,82)/t41-,42-,43+,44-,45-,47+,48+,49+,50+,51+,52+,53+,54+,55-/m1/s1. The molecule has 2 rings (SSSR count). The molecule has 14 atom stereocenters. The number of hydrogen-bond acceptors (Lipinski definition) is 14. The Labute approximate surface area is 544 Å². The first kappa shape index (κ1) is 81.1. The van der Waals surface area contributed by atoms with Crippen molar-refractivity contribution in [2.75, 3.05) is 76.1 Å². The van der Waals surface area contributed by atoms with Gasteiger partial charge >= 0.3 is 0 Å². The molecule has 91 heavy (non-hydrogen) atoms. The summed E-state index contributed by atoms with van der Waals surface area (Å²) in [7, 11) is 11.7. The second kappa shape index (κ2) is 36.5. The Kier molecular flexibility index (Phi) is 32.5. The Hall–Kier alpha value is -5.95. The van der Waals surface area contributed by atoms with Crippen LogP contribution in [-0.2, 0) is 57.5 Å². The van der Waals surface area contributed by atoms with Gasteiger partial charge in [-0.1, -0.05) is 103 Å². The van der Waals surface area contributed by atoms with Crippen LogP contribution in [0.1, 0.15) is 163 Å². The number of ether oxygens (including phenoxy) is 1. The van der Waals surface area contributed by atoms with E-state index >= 15 is 19.2 Å². The highest BCUT2D eigenvalue weighted by atomic mass is 16.5. The van der Waals surface area contributed by atoms with Crippen LogP contribution in [0.3, 0.4) is 0 Å². The molecule has 2 saturated heterocycles. The van der Waals surface area contributed by atoms with Crippen molar-refractivity contribution in [2.45, 2.75) is 241 Å². The molecule has 0 aromatic carbocycles. The van der Waals surface area contributed by atoms with Gasteiger partial charge in [-0.3, -0.25) is 57.6 Å². The lowest BCUT2D eigenvalue weighted by molar-refractivity contribution is -0.157. The van der Waals surface area contributed by atoms with E-state index in [9.17, 15) is 38.7 Å². The quantitative estimate of drug-likeness (QED) is 0.132. The maximum absolute atomic E-state index is 15.2. The number of aliphatic hydroxyl groups excluding tert-OH is 1. The van der Waals surface area contributed by atoms with Gasteiger partial charge in [0.15, 0.2) is 0 Å². The molecule has 0 spiro atoms. The summed E-state index contributed by atoms with van der Waals surface area (Å²) in [5.41, 5.74) is 0. The van der Waals surface area contributed by atoms with Crippen molar-refractivity contribution in [3.8, 4) is 0 Å². The normalized spacial score (nSPS) is 28.1. The second-order valence-electron chi connectivity index (χ2n) is 28.1. The van der Waals surface area contributed by atoms with E-state index in [1.54, 1.807) is 48.7 Å². The third-order valence-electron chi connectivity index (χ3n) is 18.7. The van der Waals surface area contributed by atoms with Crippen molar-refractivity contribution in [1.82, 2.24) is 60.5 Å². The van der Waals surface area contributed by atoms with Crippen molar-refractivity contribution in [2.24, 2.45) is 41.4 Å². The van der Waals surface area contributed by atoms with Crippen LogP contribution in [0.4, 0.5) is 0 Å². The summed E-state index contributed by atoms with van der Waals surface area (Å²) >= 11 is 0. The lowest BCUT2D eigenvalue weighted by Gasteiger charge is -2.41. The molecule has 0 radical (unpaired) electrons. The van der Waals surface area contributed by atoms with E-state index < -0.39 is 161 Å². The number of methoxy groups -OCH3 is 1. The summed E-state index contributed by atoms with van der Waals surface area (Å²) in [6.07, 6.45) is 0.399. The second-order valence-corrected chi connectivity index (χ2v) is 28.1. The number of nitrogens with zero attached hydrogens (tertiary/aromatic N) is 8. The topological polar surface area (TPSA) is 291 Å². The Morgan fingerprint density at radius 1 is 0.473 bits per heavy atom. The summed E-state index contributed by atoms with van der Waals surface area (Å²) < 4.78 is 5.49.